The zero-order valence-corrected chi connectivity index (χ0v) is 15.6. The number of nitrogens with zero attached hydrogens (tertiary/aromatic N) is 1. The van der Waals surface area contributed by atoms with Crippen LogP contribution in [0.1, 0.15) is 28.0 Å². The van der Waals surface area contributed by atoms with Crippen LogP contribution in [0.25, 0.3) is 6.08 Å². The molecule has 8 heteroatoms. The molecule has 0 saturated heterocycles. The lowest BCUT2D eigenvalue weighted by atomic mass is 9.88. The van der Waals surface area contributed by atoms with Crippen LogP contribution >= 0.6 is 11.3 Å². The molecular weight excluding hydrogens is 366 g/mol. The summed E-state index contributed by atoms with van der Waals surface area (Å²) in [6.45, 7) is 0.341. The molecule has 1 aliphatic carbocycles. The van der Waals surface area contributed by atoms with Gasteiger partial charge in [-0.05, 0) is 42.9 Å². The standard InChI is InChI=1S/C19H19N3O4S/c1-21-19(24)26-11-13-2-4-14-15(9-20)18(27-16(14)8-13)22-17(23)5-3-12-6-7-25-10-12/h3,5-7,10,13H,2,4,8,11H2,1H3,(H,21,24)(H,22,23)/b5-3+. The molecule has 0 aromatic carbocycles. The highest BCUT2D eigenvalue weighted by Gasteiger charge is 2.27. The summed E-state index contributed by atoms with van der Waals surface area (Å²) >= 11 is 1.42. The summed E-state index contributed by atoms with van der Waals surface area (Å²) < 4.78 is 10.1. The maximum absolute atomic E-state index is 12.2. The lowest BCUT2D eigenvalue weighted by Gasteiger charge is -2.21. The number of thiophene rings is 1. The van der Waals surface area contributed by atoms with Gasteiger partial charge < -0.3 is 19.8 Å². The van der Waals surface area contributed by atoms with Gasteiger partial charge in [0.1, 0.15) is 11.1 Å². The van der Waals surface area contributed by atoms with Gasteiger partial charge in [0.25, 0.3) is 0 Å². The molecule has 0 aliphatic heterocycles. The van der Waals surface area contributed by atoms with Crippen LogP contribution in [0.2, 0.25) is 0 Å². The van der Waals surface area contributed by atoms with E-state index in [-0.39, 0.29) is 11.8 Å². The Kier molecular flexibility index (Phi) is 5.94. The number of alkyl carbamates (subject to hydrolysis) is 1. The SMILES string of the molecule is CNC(=O)OCC1CCc2c(sc(NC(=O)/C=C/c3ccoc3)c2C#N)C1. The zero-order valence-electron chi connectivity index (χ0n) is 14.8. The fourth-order valence-electron chi connectivity index (χ4n) is 2.96. The predicted molar refractivity (Wildman–Crippen MR) is 101 cm³/mol. The molecule has 7 nitrogen and oxygen atoms in total. The van der Waals surface area contributed by atoms with Crippen LogP contribution in [0, 0.1) is 17.2 Å². The van der Waals surface area contributed by atoms with E-state index in [4.69, 9.17) is 9.15 Å². The minimum Gasteiger partial charge on any atom is -0.472 e. The number of carbonyl (C=O) groups excluding carboxylic acids is 2. The highest BCUT2D eigenvalue weighted by Crippen LogP contribution is 2.39. The van der Waals surface area contributed by atoms with Crippen molar-refractivity contribution in [1.29, 1.82) is 5.26 Å². The Labute approximate surface area is 160 Å². The molecule has 140 valence electrons. The Bertz CT molecular complexity index is 893. The fraction of sp³-hybridized carbons (Fsp3) is 0.316. The molecule has 2 heterocycles. The third kappa shape index (κ3) is 4.57. The van der Waals surface area contributed by atoms with Gasteiger partial charge in [-0.2, -0.15) is 5.26 Å². The molecule has 2 aromatic heterocycles. The molecule has 2 amide bonds. The highest BCUT2D eigenvalue weighted by atomic mass is 32.1. The Balaban J connectivity index is 1.68. The summed E-state index contributed by atoms with van der Waals surface area (Å²) in [5, 5.41) is 15.3. The molecule has 0 bridgehead atoms. The van der Waals surface area contributed by atoms with E-state index in [9.17, 15) is 14.9 Å². The van der Waals surface area contributed by atoms with E-state index in [1.165, 1.54) is 37.0 Å². The van der Waals surface area contributed by atoms with Crippen LogP contribution in [-0.4, -0.2) is 25.7 Å². The summed E-state index contributed by atoms with van der Waals surface area (Å²) in [4.78, 5) is 24.5. The number of ether oxygens (including phenoxy) is 1. The lowest BCUT2D eigenvalue weighted by Crippen LogP contribution is -2.25. The largest absolute Gasteiger partial charge is 0.472 e. The second-order valence-electron chi connectivity index (χ2n) is 6.16. The number of hydrogen-bond donors (Lipinski definition) is 2. The van der Waals surface area contributed by atoms with Crippen LogP contribution in [0.15, 0.2) is 29.1 Å². The van der Waals surface area contributed by atoms with Gasteiger partial charge in [0.05, 0.1) is 24.7 Å². The number of nitriles is 1. The van der Waals surface area contributed by atoms with Gasteiger partial charge in [-0.15, -0.1) is 11.3 Å². The molecule has 1 atom stereocenters. The number of carbonyl (C=O) groups is 2. The van der Waals surface area contributed by atoms with Crippen molar-refractivity contribution >= 4 is 34.4 Å². The van der Waals surface area contributed by atoms with E-state index < -0.39 is 6.09 Å². The summed E-state index contributed by atoms with van der Waals surface area (Å²) in [7, 11) is 1.52. The molecule has 0 radical (unpaired) electrons. The monoisotopic (exact) mass is 385 g/mol. The van der Waals surface area contributed by atoms with Crippen molar-refractivity contribution in [3.05, 3.63) is 46.2 Å². The quantitative estimate of drug-likeness (QED) is 0.768. The van der Waals surface area contributed by atoms with Crippen LogP contribution in [0.3, 0.4) is 0 Å². The molecule has 2 N–H and O–H groups in total. The number of furan rings is 1. The first-order chi connectivity index (χ1) is 13.1. The van der Waals surface area contributed by atoms with Crippen molar-refractivity contribution in [1.82, 2.24) is 5.32 Å². The molecule has 0 saturated carbocycles. The van der Waals surface area contributed by atoms with Gasteiger partial charge in [0.2, 0.25) is 5.91 Å². The summed E-state index contributed by atoms with van der Waals surface area (Å²) in [5.74, 6) is -0.0877. The van der Waals surface area contributed by atoms with E-state index >= 15 is 0 Å². The molecule has 1 unspecified atom stereocenters. The first-order valence-electron chi connectivity index (χ1n) is 8.51. The van der Waals surface area contributed by atoms with Crippen molar-refractivity contribution in [3.63, 3.8) is 0 Å². The van der Waals surface area contributed by atoms with Crippen molar-refractivity contribution in [2.45, 2.75) is 19.3 Å². The average molecular weight is 385 g/mol. The summed E-state index contributed by atoms with van der Waals surface area (Å²) in [5.41, 5.74) is 2.31. The number of amides is 2. The maximum Gasteiger partial charge on any atom is 0.406 e. The Hall–Kier alpha value is -3.05. The number of hydrogen-bond acceptors (Lipinski definition) is 6. The Morgan fingerprint density at radius 1 is 1.52 bits per heavy atom. The van der Waals surface area contributed by atoms with Gasteiger partial charge in [-0.3, -0.25) is 4.79 Å². The van der Waals surface area contributed by atoms with E-state index in [1.807, 2.05) is 0 Å². The van der Waals surface area contributed by atoms with Crippen LogP contribution < -0.4 is 10.6 Å². The zero-order chi connectivity index (χ0) is 19.2. The topological polar surface area (TPSA) is 104 Å². The van der Waals surface area contributed by atoms with Gasteiger partial charge in [-0.25, -0.2) is 4.79 Å². The smallest absolute Gasteiger partial charge is 0.406 e. The Morgan fingerprint density at radius 3 is 3.07 bits per heavy atom. The van der Waals surface area contributed by atoms with Gasteiger partial charge in [0, 0.05) is 23.6 Å². The number of anilines is 1. The lowest BCUT2D eigenvalue weighted by molar-refractivity contribution is -0.111. The van der Waals surface area contributed by atoms with Crippen molar-refractivity contribution < 1.29 is 18.7 Å². The number of nitrogens with one attached hydrogen (secondary N) is 2. The first-order valence-corrected chi connectivity index (χ1v) is 9.32. The maximum atomic E-state index is 12.2. The van der Waals surface area contributed by atoms with Crippen LogP contribution in [0.5, 0.6) is 0 Å². The third-order valence-corrected chi connectivity index (χ3v) is 5.51. The minimum absolute atomic E-state index is 0.213. The van der Waals surface area contributed by atoms with Crippen LogP contribution in [0.4, 0.5) is 9.80 Å². The average Bonchev–Trinajstić information content (AvgIpc) is 3.31. The molecular formula is C19H19N3O4S. The van der Waals surface area contributed by atoms with E-state index in [2.05, 4.69) is 16.7 Å². The first kappa shape index (κ1) is 18.7. The molecule has 27 heavy (non-hydrogen) atoms. The van der Waals surface area contributed by atoms with Crippen molar-refractivity contribution in [2.75, 3.05) is 19.0 Å². The number of rotatable bonds is 5. The summed E-state index contributed by atoms with van der Waals surface area (Å²) in [6.07, 6.45) is 7.97. The van der Waals surface area contributed by atoms with E-state index in [0.29, 0.717) is 17.2 Å². The van der Waals surface area contributed by atoms with Crippen LogP contribution in [-0.2, 0) is 22.4 Å². The second kappa shape index (κ2) is 8.56. The van der Waals surface area contributed by atoms with Gasteiger partial charge >= 0.3 is 6.09 Å². The van der Waals surface area contributed by atoms with Crippen molar-refractivity contribution in [3.8, 4) is 6.07 Å². The molecule has 2 aromatic rings. The minimum atomic E-state index is -0.443. The molecule has 1 aliphatic rings. The van der Waals surface area contributed by atoms with E-state index in [0.717, 1.165) is 35.3 Å². The highest BCUT2D eigenvalue weighted by molar-refractivity contribution is 7.16. The van der Waals surface area contributed by atoms with Crippen molar-refractivity contribution in [2.24, 2.45) is 5.92 Å². The van der Waals surface area contributed by atoms with Gasteiger partial charge in [0.15, 0.2) is 0 Å². The Morgan fingerprint density at radius 2 is 2.37 bits per heavy atom. The molecule has 0 fully saturated rings. The third-order valence-electron chi connectivity index (χ3n) is 4.34. The normalized spacial score (nSPS) is 15.8. The second-order valence-corrected chi connectivity index (χ2v) is 7.26. The molecule has 0 spiro atoms. The summed E-state index contributed by atoms with van der Waals surface area (Å²) in [6, 6.07) is 3.96. The molecule has 3 rings (SSSR count). The van der Waals surface area contributed by atoms with Gasteiger partial charge in [-0.1, -0.05) is 0 Å². The predicted octanol–water partition coefficient (Wildman–Crippen LogP) is 3.33. The fourth-order valence-corrected chi connectivity index (χ4v) is 4.28. The number of fused-ring (bicyclic) bond motifs is 1. The van der Waals surface area contributed by atoms with E-state index in [1.54, 1.807) is 12.1 Å².